The molecule has 1 amide bonds. The minimum atomic E-state index is -0.241. The predicted octanol–water partition coefficient (Wildman–Crippen LogP) is 2.28. The van der Waals surface area contributed by atoms with Crippen LogP contribution in [0.5, 0.6) is 0 Å². The van der Waals surface area contributed by atoms with Gasteiger partial charge in [-0.2, -0.15) is 0 Å². The molecule has 0 aliphatic heterocycles. The number of pyridine rings is 1. The van der Waals surface area contributed by atoms with E-state index in [1.54, 1.807) is 36.5 Å². The Morgan fingerprint density at radius 1 is 1.26 bits per heavy atom. The van der Waals surface area contributed by atoms with Crippen molar-refractivity contribution < 1.29 is 4.79 Å². The van der Waals surface area contributed by atoms with Crippen molar-refractivity contribution in [3.8, 4) is 0 Å². The summed E-state index contributed by atoms with van der Waals surface area (Å²) in [6.07, 6.45) is 1.70. The van der Waals surface area contributed by atoms with Crippen LogP contribution in [0.2, 0.25) is 0 Å². The standard InChI is InChI=1S/C14H13N3OS/c1-9-5-6-12(16-8-9)17-14(18)11-4-2-3-10(7-11)13(15)19/h2-8H,1H3,(H2,15,19)(H,16,17,18). The fourth-order valence-corrected chi connectivity index (χ4v) is 1.67. The molecule has 2 aromatic rings. The van der Waals surface area contributed by atoms with E-state index in [1.165, 1.54) is 0 Å². The summed E-state index contributed by atoms with van der Waals surface area (Å²) in [6.45, 7) is 1.93. The number of hydrogen-bond donors (Lipinski definition) is 2. The topological polar surface area (TPSA) is 68.0 Å². The van der Waals surface area contributed by atoms with Crippen LogP contribution in [-0.2, 0) is 0 Å². The van der Waals surface area contributed by atoms with Crippen LogP contribution in [0.3, 0.4) is 0 Å². The zero-order valence-electron chi connectivity index (χ0n) is 10.4. The lowest BCUT2D eigenvalue weighted by Gasteiger charge is -2.06. The second kappa shape index (κ2) is 5.58. The number of aromatic nitrogens is 1. The Bertz CT molecular complexity index is 623. The number of nitrogens with two attached hydrogens (primary N) is 1. The van der Waals surface area contributed by atoms with Crippen molar-refractivity contribution in [2.75, 3.05) is 5.32 Å². The van der Waals surface area contributed by atoms with Gasteiger partial charge in [0, 0.05) is 17.3 Å². The molecule has 2 rings (SSSR count). The van der Waals surface area contributed by atoms with E-state index in [9.17, 15) is 4.79 Å². The second-order valence-electron chi connectivity index (χ2n) is 4.12. The highest BCUT2D eigenvalue weighted by Gasteiger charge is 2.08. The van der Waals surface area contributed by atoms with Crippen LogP contribution in [0.1, 0.15) is 21.5 Å². The number of aryl methyl sites for hydroxylation is 1. The molecule has 0 fully saturated rings. The number of benzene rings is 1. The van der Waals surface area contributed by atoms with Crippen LogP contribution in [0.25, 0.3) is 0 Å². The maximum atomic E-state index is 12.0. The first-order valence-corrected chi connectivity index (χ1v) is 6.11. The van der Waals surface area contributed by atoms with Crippen molar-refractivity contribution in [1.82, 2.24) is 4.98 Å². The Balaban J connectivity index is 2.18. The van der Waals surface area contributed by atoms with Crippen molar-refractivity contribution in [3.05, 3.63) is 59.3 Å². The van der Waals surface area contributed by atoms with E-state index < -0.39 is 0 Å². The van der Waals surface area contributed by atoms with Crippen molar-refractivity contribution in [1.29, 1.82) is 0 Å². The van der Waals surface area contributed by atoms with Gasteiger partial charge in [-0.15, -0.1) is 0 Å². The first kappa shape index (κ1) is 13.2. The fraction of sp³-hybridized carbons (Fsp3) is 0.0714. The van der Waals surface area contributed by atoms with Crippen molar-refractivity contribution in [2.45, 2.75) is 6.92 Å². The number of amides is 1. The van der Waals surface area contributed by atoms with Gasteiger partial charge >= 0.3 is 0 Å². The molecule has 1 aromatic carbocycles. The first-order valence-electron chi connectivity index (χ1n) is 5.70. The van der Waals surface area contributed by atoms with E-state index in [0.717, 1.165) is 5.56 Å². The molecule has 0 saturated carbocycles. The molecule has 4 nitrogen and oxygen atoms in total. The monoisotopic (exact) mass is 271 g/mol. The molecule has 0 atom stereocenters. The van der Waals surface area contributed by atoms with Crippen molar-refractivity contribution in [2.24, 2.45) is 5.73 Å². The Morgan fingerprint density at radius 3 is 2.63 bits per heavy atom. The Morgan fingerprint density at radius 2 is 2.00 bits per heavy atom. The molecular weight excluding hydrogens is 258 g/mol. The second-order valence-corrected chi connectivity index (χ2v) is 4.56. The number of nitrogens with zero attached hydrogens (tertiary/aromatic N) is 1. The average Bonchev–Trinajstić information content (AvgIpc) is 2.41. The highest BCUT2D eigenvalue weighted by Crippen LogP contribution is 2.09. The van der Waals surface area contributed by atoms with Crippen LogP contribution in [0.4, 0.5) is 5.82 Å². The molecule has 0 saturated heterocycles. The lowest BCUT2D eigenvalue weighted by atomic mass is 10.1. The Kier molecular flexibility index (Phi) is 3.87. The fourth-order valence-electron chi connectivity index (χ4n) is 1.54. The number of nitrogens with one attached hydrogen (secondary N) is 1. The van der Waals surface area contributed by atoms with E-state index in [1.807, 2.05) is 13.0 Å². The minimum Gasteiger partial charge on any atom is -0.389 e. The van der Waals surface area contributed by atoms with Crippen molar-refractivity contribution >= 4 is 28.9 Å². The molecule has 0 bridgehead atoms. The van der Waals surface area contributed by atoms with Gasteiger partial charge in [0.15, 0.2) is 0 Å². The van der Waals surface area contributed by atoms with E-state index >= 15 is 0 Å². The third kappa shape index (κ3) is 3.35. The van der Waals surface area contributed by atoms with Gasteiger partial charge in [0.05, 0.1) is 0 Å². The molecule has 1 aromatic heterocycles. The summed E-state index contributed by atoms with van der Waals surface area (Å²) in [4.78, 5) is 16.4. The molecule has 0 aliphatic rings. The summed E-state index contributed by atoms with van der Waals surface area (Å²) in [7, 11) is 0. The van der Waals surface area contributed by atoms with E-state index in [-0.39, 0.29) is 10.9 Å². The molecule has 96 valence electrons. The van der Waals surface area contributed by atoms with Gasteiger partial charge in [0.2, 0.25) is 0 Å². The molecular formula is C14H13N3OS. The van der Waals surface area contributed by atoms with Gasteiger partial charge < -0.3 is 11.1 Å². The van der Waals surface area contributed by atoms with Crippen LogP contribution >= 0.6 is 12.2 Å². The van der Waals surface area contributed by atoms with Crippen LogP contribution < -0.4 is 11.1 Å². The smallest absolute Gasteiger partial charge is 0.256 e. The van der Waals surface area contributed by atoms with Gasteiger partial charge in [-0.05, 0) is 30.7 Å². The molecule has 0 aliphatic carbocycles. The predicted molar refractivity (Wildman–Crippen MR) is 79.3 cm³/mol. The SMILES string of the molecule is Cc1ccc(NC(=O)c2cccc(C(N)=S)c2)nc1. The minimum absolute atomic E-state index is 0.241. The van der Waals surface area contributed by atoms with Crippen LogP contribution in [0, 0.1) is 6.92 Å². The number of carbonyl (C=O) groups excluding carboxylic acids is 1. The number of thiocarbonyl (C=S) groups is 1. The molecule has 0 unspecified atom stereocenters. The lowest BCUT2D eigenvalue weighted by Crippen LogP contribution is -2.15. The van der Waals surface area contributed by atoms with E-state index in [2.05, 4.69) is 10.3 Å². The summed E-state index contributed by atoms with van der Waals surface area (Å²) in [5.74, 6) is 0.269. The Labute approximate surface area is 116 Å². The Hall–Kier alpha value is -2.27. The van der Waals surface area contributed by atoms with Crippen molar-refractivity contribution in [3.63, 3.8) is 0 Å². The molecule has 1 heterocycles. The zero-order chi connectivity index (χ0) is 13.8. The van der Waals surface area contributed by atoms with Gasteiger partial charge in [-0.1, -0.05) is 30.4 Å². The summed E-state index contributed by atoms with van der Waals surface area (Å²) < 4.78 is 0. The van der Waals surface area contributed by atoms with E-state index in [4.69, 9.17) is 18.0 Å². The molecule has 5 heteroatoms. The number of carbonyl (C=O) groups is 1. The normalized spacial score (nSPS) is 9.95. The molecule has 0 spiro atoms. The highest BCUT2D eigenvalue weighted by molar-refractivity contribution is 7.80. The molecule has 19 heavy (non-hydrogen) atoms. The van der Waals surface area contributed by atoms with Crippen LogP contribution in [0.15, 0.2) is 42.6 Å². The van der Waals surface area contributed by atoms with Gasteiger partial charge in [-0.3, -0.25) is 4.79 Å². The highest BCUT2D eigenvalue weighted by atomic mass is 32.1. The third-order valence-corrected chi connectivity index (χ3v) is 2.80. The molecule has 0 radical (unpaired) electrons. The first-order chi connectivity index (χ1) is 9.06. The van der Waals surface area contributed by atoms with Gasteiger partial charge in [0.1, 0.15) is 10.8 Å². The van der Waals surface area contributed by atoms with Gasteiger partial charge in [0.25, 0.3) is 5.91 Å². The summed E-state index contributed by atoms with van der Waals surface area (Å²) >= 11 is 4.89. The summed E-state index contributed by atoms with van der Waals surface area (Å²) in [5.41, 5.74) is 7.73. The van der Waals surface area contributed by atoms with E-state index in [0.29, 0.717) is 16.9 Å². The lowest BCUT2D eigenvalue weighted by molar-refractivity contribution is 0.102. The molecule has 3 N–H and O–H groups in total. The quantitative estimate of drug-likeness (QED) is 0.840. The van der Waals surface area contributed by atoms with Gasteiger partial charge in [-0.25, -0.2) is 4.98 Å². The maximum Gasteiger partial charge on any atom is 0.256 e. The number of anilines is 1. The number of rotatable bonds is 3. The van der Waals surface area contributed by atoms with Crippen LogP contribution in [-0.4, -0.2) is 15.9 Å². The largest absolute Gasteiger partial charge is 0.389 e. The summed E-state index contributed by atoms with van der Waals surface area (Å²) in [5, 5.41) is 2.72. The third-order valence-electron chi connectivity index (χ3n) is 2.56. The average molecular weight is 271 g/mol. The maximum absolute atomic E-state index is 12.0. The summed E-state index contributed by atoms with van der Waals surface area (Å²) in [6, 6.07) is 10.5. The number of hydrogen-bond acceptors (Lipinski definition) is 3. The zero-order valence-corrected chi connectivity index (χ0v) is 11.2.